The van der Waals surface area contributed by atoms with Crippen LogP contribution in [0.5, 0.6) is 11.5 Å². The number of hydrogen-bond acceptors (Lipinski definition) is 4. The zero-order valence-corrected chi connectivity index (χ0v) is 12.8. The van der Waals surface area contributed by atoms with Crippen LogP contribution < -0.4 is 20.1 Å². The first-order valence-corrected chi connectivity index (χ1v) is 7.46. The molecule has 1 aromatic rings. The highest BCUT2D eigenvalue weighted by atomic mass is 16.5. The second-order valence-corrected chi connectivity index (χ2v) is 5.25. The highest BCUT2D eigenvalue weighted by Crippen LogP contribution is 2.26. The van der Waals surface area contributed by atoms with Crippen LogP contribution in [0, 0.1) is 0 Å². The molecule has 0 atom stereocenters. The van der Waals surface area contributed by atoms with Crippen LogP contribution in [0.2, 0.25) is 0 Å². The lowest BCUT2D eigenvalue weighted by atomic mass is 10.2. The van der Waals surface area contributed by atoms with Crippen LogP contribution in [0.1, 0.15) is 31.2 Å². The predicted octanol–water partition coefficient (Wildman–Crippen LogP) is 1.85. The molecule has 1 aromatic carbocycles. The maximum atomic E-state index is 11.2. The number of hydrogen-bond donors (Lipinski definition) is 2. The molecule has 1 saturated carbocycles. The Morgan fingerprint density at radius 1 is 1.38 bits per heavy atom. The normalized spacial score (nSPS) is 13.8. The standard InChI is InChI=1S/C16H24N2O3/c1-17-16(19)4-3-9-21-15-8-7-14(20-2)10-12(15)11-18-13-5-6-13/h7-8,10,13,18H,3-6,9,11H2,1-2H3,(H,17,19). The number of rotatable bonds is 9. The van der Waals surface area contributed by atoms with Crippen LogP contribution >= 0.6 is 0 Å². The molecule has 116 valence electrons. The molecule has 21 heavy (non-hydrogen) atoms. The molecular weight excluding hydrogens is 268 g/mol. The van der Waals surface area contributed by atoms with Crippen molar-refractivity contribution in [1.82, 2.24) is 10.6 Å². The van der Waals surface area contributed by atoms with E-state index in [-0.39, 0.29) is 5.91 Å². The van der Waals surface area contributed by atoms with Gasteiger partial charge in [-0.25, -0.2) is 0 Å². The van der Waals surface area contributed by atoms with E-state index in [1.807, 2.05) is 18.2 Å². The zero-order valence-electron chi connectivity index (χ0n) is 12.8. The molecule has 0 heterocycles. The first-order valence-electron chi connectivity index (χ1n) is 7.46. The van der Waals surface area contributed by atoms with Crippen molar-refractivity contribution in [3.63, 3.8) is 0 Å². The number of carbonyl (C=O) groups is 1. The quantitative estimate of drug-likeness (QED) is 0.682. The second-order valence-electron chi connectivity index (χ2n) is 5.25. The van der Waals surface area contributed by atoms with Gasteiger partial charge in [0.25, 0.3) is 0 Å². The van der Waals surface area contributed by atoms with Gasteiger partial charge in [0.1, 0.15) is 11.5 Å². The minimum Gasteiger partial charge on any atom is -0.497 e. The van der Waals surface area contributed by atoms with Gasteiger partial charge in [-0.15, -0.1) is 0 Å². The van der Waals surface area contributed by atoms with Gasteiger partial charge in [0.05, 0.1) is 13.7 Å². The molecule has 0 saturated heterocycles. The van der Waals surface area contributed by atoms with Crippen LogP contribution in [-0.4, -0.2) is 32.7 Å². The molecule has 1 fully saturated rings. The summed E-state index contributed by atoms with van der Waals surface area (Å²) in [5, 5.41) is 6.09. The minimum absolute atomic E-state index is 0.0453. The third kappa shape index (κ3) is 5.27. The van der Waals surface area contributed by atoms with E-state index in [4.69, 9.17) is 9.47 Å². The Balaban J connectivity index is 1.87. The van der Waals surface area contributed by atoms with Gasteiger partial charge in [-0.05, 0) is 37.5 Å². The van der Waals surface area contributed by atoms with Gasteiger partial charge >= 0.3 is 0 Å². The summed E-state index contributed by atoms with van der Waals surface area (Å²) in [4.78, 5) is 11.2. The van der Waals surface area contributed by atoms with Gasteiger partial charge < -0.3 is 20.1 Å². The molecule has 1 aliphatic carbocycles. The number of nitrogens with one attached hydrogen (secondary N) is 2. The summed E-state index contributed by atoms with van der Waals surface area (Å²) in [6.45, 7) is 1.32. The van der Waals surface area contributed by atoms with Crippen molar-refractivity contribution in [3.8, 4) is 11.5 Å². The fourth-order valence-corrected chi connectivity index (χ4v) is 2.04. The fourth-order valence-electron chi connectivity index (χ4n) is 2.04. The monoisotopic (exact) mass is 292 g/mol. The van der Waals surface area contributed by atoms with Crippen molar-refractivity contribution in [3.05, 3.63) is 23.8 Å². The molecule has 0 aliphatic heterocycles. The molecule has 0 spiro atoms. The third-order valence-corrected chi connectivity index (χ3v) is 3.51. The Labute approximate surface area is 126 Å². The van der Waals surface area contributed by atoms with Gasteiger partial charge in [-0.1, -0.05) is 0 Å². The summed E-state index contributed by atoms with van der Waals surface area (Å²) in [5.74, 6) is 1.74. The molecule has 1 amide bonds. The van der Waals surface area contributed by atoms with E-state index in [1.54, 1.807) is 14.2 Å². The molecule has 2 N–H and O–H groups in total. The Morgan fingerprint density at radius 3 is 2.86 bits per heavy atom. The summed E-state index contributed by atoms with van der Waals surface area (Å²) < 4.78 is 11.1. The first-order chi connectivity index (χ1) is 10.2. The Bertz CT molecular complexity index is 473. The second kappa shape index (κ2) is 7.88. The molecule has 5 heteroatoms. The Morgan fingerprint density at radius 2 is 2.19 bits per heavy atom. The highest BCUT2D eigenvalue weighted by molar-refractivity contribution is 5.75. The van der Waals surface area contributed by atoms with E-state index in [1.165, 1.54) is 12.8 Å². The number of benzene rings is 1. The summed E-state index contributed by atoms with van der Waals surface area (Å²) in [6, 6.07) is 6.48. The molecule has 0 aromatic heterocycles. The van der Waals surface area contributed by atoms with E-state index in [9.17, 15) is 4.79 Å². The summed E-state index contributed by atoms with van der Waals surface area (Å²) in [7, 11) is 3.31. The van der Waals surface area contributed by atoms with Gasteiger partial charge in [-0.2, -0.15) is 0 Å². The van der Waals surface area contributed by atoms with Crippen molar-refractivity contribution in [2.45, 2.75) is 38.3 Å². The Kier molecular flexibility index (Phi) is 5.87. The first kappa shape index (κ1) is 15.6. The number of carbonyl (C=O) groups excluding carboxylic acids is 1. The molecule has 5 nitrogen and oxygen atoms in total. The lowest BCUT2D eigenvalue weighted by molar-refractivity contribution is -0.120. The molecule has 0 unspecified atom stereocenters. The SMILES string of the molecule is CNC(=O)CCCOc1ccc(OC)cc1CNC1CC1. The maximum Gasteiger partial charge on any atom is 0.219 e. The van der Waals surface area contributed by atoms with E-state index in [0.717, 1.165) is 23.6 Å². The van der Waals surface area contributed by atoms with Crippen molar-refractivity contribution >= 4 is 5.91 Å². The highest BCUT2D eigenvalue weighted by Gasteiger charge is 2.20. The Hall–Kier alpha value is -1.75. The van der Waals surface area contributed by atoms with Gasteiger partial charge in [-0.3, -0.25) is 4.79 Å². The van der Waals surface area contributed by atoms with Crippen molar-refractivity contribution in [2.24, 2.45) is 0 Å². The number of ether oxygens (including phenoxy) is 2. The maximum absolute atomic E-state index is 11.2. The van der Waals surface area contributed by atoms with Crippen molar-refractivity contribution < 1.29 is 14.3 Å². The molecular formula is C16H24N2O3. The molecule has 1 aliphatic rings. The lowest BCUT2D eigenvalue weighted by Gasteiger charge is -2.13. The van der Waals surface area contributed by atoms with Crippen molar-refractivity contribution in [1.29, 1.82) is 0 Å². The van der Waals surface area contributed by atoms with Crippen LogP contribution in [0.4, 0.5) is 0 Å². The van der Waals surface area contributed by atoms with E-state index in [2.05, 4.69) is 10.6 Å². The van der Waals surface area contributed by atoms with Crippen LogP contribution in [-0.2, 0) is 11.3 Å². The summed E-state index contributed by atoms with van der Waals surface area (Å²) in [6.07, 6.45) is 3.71. The molecule has 0 bridgehead atoms. The summed E-state index contributed by atoms with van der Waals surface area (Å²) >= 11 is 0. The topological polar surface area (TPSA) is 59.6 Å². The molecule has 2 rings (SSSR count). The van der Waals surface area contributed by atoms with Gasteiger partial charge in [0.15, 0.2) is 0 Å². The average Bonchev–Trinajstić information content (AvgIpc) is 3.34. The molecule has 0 radical (unpaired) electrons. The number of methoxy groups -OCH3 is 1. The van der Waals surface area contributed by atoms with Gasteiger partial charge in [0.2, 0.25) is 5.91 Å². The predicted molar refractivity (Wildman–Crippen MR) is 81.7 cm³/mol. The minimum atomic E-state index is 0.0453. The fraction of sp³-hybridized carbons (Fsp3) is 0.562. The van der Waals surface area contributed by atoms with E-state index >= 15 is 0 Å². The zero-order chi connectivity index (χ0) is 15.1. The van der Waals surface area contributed by atoms with Crippen LogP contribution in [0.3, 0.4) is 0 Å². The third-order valence-electron chi connectivity index (χ3n) is 3.51. The van der Waals surface area contributed by atoms with E-state index in [0.29, 0.717) is 25.5 Å². The smallest absolute Gasteiger partial charge is 0.219 e. The summed E-state index contributed by atoms with van der Waals surface area (Å²) in [5.41, 5.74) is 1.10. The van der Waals surface area contributed by atoms with Crippen LogP contribution in [0.25, 0.3) is 0 Å². The largest absolute Gasteiger partial charge is 0.497 e. The van der Waals surface area contributed by atoms with Crippen molar-refractivity contribution in [2.75, 3.05) is 20.8 Å². The van der Waals surface area contributed by atoms with Gasteiger partial charge in [0, 0.05) is 31.6 Å². The van der Waals surface area contributed by atoms with Crippen LogP contribution in [0.15, 0.2) is 18.2 Å². The lowest BCUT2D eigenvalue weighted by Crippen LogP contribution is -2.18. The average molecular weight is 292 g/mol. The van der Waals surface area contributed by atoms with E-state index < -0.39 is 0 Å². The number of amides is 1.